The van der Waals surface area contributed by atoms with Crippen molar-refractivity contribution >= 4 is 11.8 Å². The highest BCUT2D eigenvalue weighted by molar-refractivity contribution is 5.96. The third-order valence-corrected chi connectivity index (χ3v) is 4.47. The molecule has 28 heavy (non-hydrogen) atoms. The van der Waals surface area contributed by atoms with E-state index in [1.807, 2.05) is 12.1 Å². The fraction of sp³-hybridized carbons (Fsp3) is 0.364. The first kappa shape index (κ1) is 21.4. The summed E-state index contributed by atoms with van der Waals surface area (Å²) < 4.78 is 18.6. The highest BCUT2D eigenvalue weighted by Gasteiger charge is 2.16. The van der Waals surface area contributed by atoms with Gasteiger partial charge in [-0.15, -0.1) is 0 Å². The molecule has 150 valence electrons. The number of nitrogens with zero attached hydrogens (tertiary/aromatic N) is 1. The zero-order chi connectivity index (χ0) is 20.9. The van der Waals surface area contributed by atoms with Crippen LogP contribution in [-0.2, 0) is 16.8 Å². The monoisotopic (exact) mass is 386 g/mol. The Kier molecular flexibility index (Phi) is 6.78. The first-order valence-electron chi connectivity index (χ1n) is 9.07. The molecular weight excluding hydrogens is 359 g/mol. The number of ether oxygens (including phenoxy) is 1. The van der Waals surface area contributed by atoms with E-state index < -0.39 is 5.82 Å². The van der Waals surface area contributed by atoms with Crippen LogP contribution in [0.25, 0.3) is 0 Å². The number of carbonyl (C=O) groups is 2. The first-order valence-corrected chi connectivity index (χ1v) is 9.07. The van der Waals surface area contributed by atoms with Gasteiger partial charge in [0.2, 0.25) is 5.91 Å². The summed E-state index contributed by atoms with van der Waals surface area (Å²) in [5, 5.41) is 2.63. The van der Waals surface area contributed by atoms with Gasteiger partial charge in [-0.25, -0.2) is 4.39 Å². The number of amides is 2. The van der Waals surface area contributed by atoms with Gasteiger partial charge in [0.25, 0.3) is 5.91 Å². The molecule has 0 heterocycles. The molecule has 2 aromatic rings. The molecule has 0 bridgehead atoms. The number of likely N-dealkylation sites (N-methyl/N-ethyl adjacent to an activating group) is 1. The SMILES string of the molecule is COc1ccc(CN(C)C(=O)CNC(=O)c2ccc(C(C)(C)C)cc2)cc1F. The minimum absolute atomic E-state index is 0.00855. The van der Waals surface area contributed by atoms with E-state index in [4.69, 9.17) is 4.74 Å². The molecule has 1 N–H and O–H groups in total. The van der Waals surface area contributed by atoms with Crippen molar-refractivity contribution in [2.75, 3.05) is 20.7 Å². The number of nitrogens with one attached hydrogen (secondary N) is 1. The van der Waals surface area contributed by atoms with E-state index in [1.165, 1.54) is 24.1 Å². The molecule has 0 saturated carbocycles. The van der Waals surface area contributed by atoms with Crippen LogP contribution in [0.5, 0.6) is 5.75 Å². The highest BCUT2D eigenvalue weighted by Crippen LogP contribution is 2.22. The summed E-state index contributed by atoms with van der Waals surface area (Å²) in [5.74, 6) is -0.899. The van der Waals surface area contributed by atoms with Gasteiger partial charge in [0, 0.05) is 19.2 Å². The maximum absolute atomic E-state index is 13.8. The van der Waals surface area contributed by atoms with Gasteiger partial charge in [-0.05, 0) is 40.8 Å². The Morgan fingerprint density at radius 1 is 1.11 bits per heavy atom. The van der Waals surface area contributed by atoms with Crippen molar-refractivity contribution < 1.29 is 18.7 Å². The zero-order valence-corrected chi connectivity index (χ0v) is 17.0. The Hall–Kier alpha value is -2.89. The first-order chi connectivity index (χ1) is 13.1. The molecule has 0 aliphatic rings. The van der Waals surface area contributed by atoms with Crippen LogP contribution < -0.4 is 10.1 Å². The third kappa shape index (κ3) is 5.55. The fourth-order valence-corrected chi connectivity index (χ4v) is 2.68. The van der Waals surface area contributed by atoms with Crippen molar-refractivity contribution in [1.29, 1.82) is 0 Å². The minimum Gasteiger partial charge on any atom is -0.494 e. The van der Waals surface area contributed by atoms with E-state index in [9.17, 15) is 14.0 Å². The van der Waals surface area contributed by atoms with E-state index in [1.54, 1.807) is 25.2 Å². The third-order valence-electron chi connectivity index (χ3n) is 4.47. The van der Waals surface area contributed by atoms with Crippen LogP contribution in [0.2, 0.25) is 0 Å². The Bertz CT molecular complexity index is 842. The van der Waals surface area contributed by atoms with Crippen molar-refractivity contribution in [3.8, 4) is 5.75 Å². The number of benzene rings is 2. The molecule has 0 saturated heterocycles. The topological polar surface area (TPSA) is 58.6 Å². The van der Waals surface area contributed by atoms with E-state index in [-0.39, 0.29) is 36.1 Å². The molecule has 2 amide bonds. The van der Waals surface area contributed by atoms with Gasteiger partial charge in [-0.1, -0.05) is 39.0 Å². The molecule has 6 heteroatoms. The molecule has 0 spiro atoms. The van der Waals surface area contributed by atoms with Crippen molar-refractivity contribution in [3.05, 3.63) is 65.0 Å². The summed E-state index contributed by atoms with van der Waals surface area (Å²) in [6, 6.07) is 11.9. The average Bonchev–Trinajstić information content (AvgIpc) is 2.65. The summed E-state index contributed by atoms with van der Waals surface area (Å²) in [5.41, 5.74) is 2.28. The number of hydrogen-bond acceptors (Lipinski definition) is 3. The van der Waals surface area contributed by atoms with Gasteiger partial charge in [-0.2, -0.15) is 0 Å². The Balaban J connectivity index is 1.90. The van der Waals surface area contributed by atoms with E-state index in [2.05, 4.69) is 26.1 Å². The smallest absolute Gasteiger partial charge is 0.251 e. The van der Waals surface area contributed by atoms with Crippen molar-refractivity contribution in [1.82, 2.24) is 10.2 Å². The standard InChI is InChI=1S/C22H27FN2O3/c1-22(2,3)17-9-7-16(8-10-17)21(27)24-13-20(26)25(4)14-15-6-11-19(28-5)18(23)12-15/h6-12H,13-14H2,1-5H3,(H,24,27). The largest absolute Gasteiger partial charge is 0.494 e. The van der Waals surface area contributed by atoms with Gasteiger partial charge in [0.05, 0.1) is 13.7 Å². The second-order valence-corrected chi connectivity index (χ2v) is 7.73. The summed E-state index contributed by atoms with van der Waals surface area (Å²) in [6.07, 6.45) is 0. The van der Waals surface area contributed by atoms with Crippen LogP contribution in [0.1, 0.15) is 42.3 Å². The summed E-state index contributed by atoms with van der Waals surface area (Å²) in [7, 11) is 3.00. The Morgan fingerprint density at radius 3 is 2.29 bits per heavy atom. The lowest BCUT2D eigenvalue weighted by Gasteiger charge is -2.19. The molecule has 5 nitrogen and oxygen atoms in total. The minimum atomic E-state index is -0.479. The predicted molar refractivity (Wildman–Crippen MR) is 107 cm³/mol. The molecule has 2 aromatic carbocycles. The molecule has 0 fully saturated rings. The molecule has 2 rings (SSSR count). The Morgan fingerprint density at radius 2 is 1.75 bits per heavy atom. The van der Waals surface area contributed by atoms with Crippen molar-refractivity contribution in [2.45, 2.75) is 32.7 Å². The van der Waals surface area contributed by atoms with Crippen LogP contribution in [0.15, 0.2) is 42.5 Å². The molecule has 0 unspecified atom stereocenters. The molecule has 0 aliphatic carbocycles. The summed E-state index contributed by atoms with van der Waals surface area (Å²) >= 11 is 0. The van der Waals surface area contributed by atoms with Crippen LogP contribution in [0.3, 0.4) is 0 Å². The van der Waals surface area contributed by atoms with Crippen molar-refractivity contribution in [3.63, 3.8) is 0 Å². The molecule has 0 aromatic heterocycles. The van der Waals surface area contributed by atoms with Gasteiger partial charge in [0.15, 0.2) is 11.6 Å². The molecular formula is C22H27FN2O3. The maximum Gasteiger partial charge on any atom is 0.251 e. The lowest BCUT2D eigenvalue weighted by molar-refractivity contribution is -0.129. The van der Waals surface area contributed by atoms with E-state index >= 15 is 0 Å². The highest BCUT2D eigenvalue weighted by atomic mass is 19.1. The molecule has 0 atom stereocenters. The summed E-state index contributed by atoms with van der Waals surface area (Å²) in [6.45, 7) is 6.41. The van der Waals surface area contributed by atoms with E-state index in [0.717, 1.165) is 5.56 Å². The predicted octanol–water partition coefficient (Wildman–Crippen LogP) is 3.52. The van der Waals surface area contributed by atoms with Crippen LogP contribution in [0.4, 0.5) is 4.39 Å². The van der Waals surface area contributed by atoms with Crippen LogP contribution >= 0.6 is 0 Å². The van der Waals surface area contributed by atoms with Crippen molar-refractivity contribution in [2.24, 2.45) is 0 Å². The van der Waals surface area contributed by atoms with Gasteiger partial charge in [0.1, 0.15) is 0 Å². The van der Waals surface area contributed by atoms with Gasteiger partial charge < -0.3 is 15.0 Å². The lowest BCUT2D eigenvalue weighted by Crippen LogP contribution is -2.37. The number of hydrogen-bond donors (Lipinski definition) is 1. The van der Waals surface area contributed by atoms with Gasteiger partial charge >= 0.3 is 0 Å². The zero-order valence-electron chi connectivity index (χ0n) is 17.0. The normalized spacial score (nSPS) is 11.1. The second kappa shape index (κ2) is 8.87. The van der Waals surface area contributed by atoms with Crippen LogP contribution in [-0.4, -0.2) is 37.4 Å². The van der Waals surface area contributed by atoms with Crippen LogP contribution in [0, 0.1) is 5.82 Å². The Labute approximate surface area is 165 Å². The number of rotatable bonds is 6. The number of methoxy groups -OCH3 is 1. The number of carbonyl (C=O) groups excluding carboxylic acids is 2. The lowest BCUT2D eigenvalue weighted by atomic mass is 9.87. The average molecular weight is 386 g/mol. The van der Waals surface area contributed by atoms with Gasteiger partial charge in [-0.3, -0.25) is 9.59 Å². The molecule has 0 radical (unpaired) electrons. The molecule has 0 aliphatic heterocycles. The quantitative estimate of drug-likeness (QED) is 0.826. The maximum atomic E-state index is 13.8. The van der Waals surface area contributed by atoms with E-state index in [0.29, 0.717) is 11.1 Å². The summed E-state index contributed by atoms with van der Waals surface area (Å²) in [4.78, 5) is 26.0. The second-order valence-electron chi connectivity index (χ2n) is 7.73. The number of halogens is 1. The fourth-order valence-electron chi connectivity index (χ4n) is 2.68.